The molecule has 1 aromatic carbocycles. The number of piperazine rings is 1. The van der Waals surface area contributed by atoms with Gasteiger partial charge in [-0.1, -0.05) is 18.6 Å². The highest BCUT2D eigenvalue weighted by Gasteiger charge is 2.24. The van der Waals surface area contributed by atoms with Gasteiger partial charge in [0.1, 0.15) is 5.82 Å². The summed E-state index contributed by atoms with van der Waals surface area (Å²) in [5.74, 6) is 1.08. The first-order chi connectivity index (χ1) is 13.6. The fourth-order valence-electron chi connectivity index (χ4n) is 4.59. The van der Waals surface area contributed by atoms with E-state index in [0.717, 1.165) is 63.4 Å². The fraction of sp³-hybridized carbons (Fsp3) is 0.609. The van der Waals surface area contributed by atoms with Gasteiger partial charge >= 0.3 is 0 Å². The standard InChI is InChI=1S/C23H34N4O/c1-3-8-25-10-12-26(13-11-25)16-20-15-19-14-18(2)6-7-22(19)24-23(20)27-9-4-5-21(28)17-27/h6-7,14-15,21,28H,3-5,8-13,16-17H2,1-2H3/t21-/m0/s1. The Morgan fingerprint density at radius 2 is 1.86 bits per heavy atom. The molecule has 5 heteroatoms. The summed E-state index contributed by atoms with van der Waals surface area (Å²) in [6.07, 6.45) is 2.92. The first kappa shape index (κ1) is 19.6. The van der Waals surface area contributed by atoms with Gasteiger partial charge in [-0.15, -0.1) is 0 Å². The van der Waals surface area contributed by atoms with Crippen molar-refractivity contribution in [2.24, 2.45) is 0 Å². The molecular weight excluding hydrogens is 348 g/mol. The molecule has 0 unspecified atom stereocenters. The molecule has 0 radical (unpaired) electrons. The van der Waals surface area contributed by atoms with E-state index in [4.69, 9.17) is 4.98 Å². The maximum Gasteiger partial charge on any atom is 0.133 e. The second kappa shape index (κ2) is 8.76. The van der Waals surface area contributed by atoms with Gasteiger partial charge in [0.2, 0.25) is 0 Å². The summed E-state index contributed by atoms with van der Waals surface area (Å²) >= 11 is 0. The number of rotatable bonds is 5. The van der Waals surface area contributed by atoms with Crippen molar-refractivity contribution in [3.63, 3.8) is 0 Å². The maximum atomic E-state index is 10.2. The molecule has 0 saturated carbocycles. The number of pyridine rings is 1. The Balaban J connectivity index is 1.60. The molecule has 0 bridgehead atoms. The molecule has 2 aliphatic heterocycles. The van der Waals surface area contributed by atoms with E-state index in [1.165, 1.54) is 29.5 Å². The molecule has 3 heterocycles. The second-order valence-electron chi connectivity index (χ2n) is 8.53. The Hall–Kier alpha value is -1.69. The third kappa shape index (κ3) is 4.48. The van der Waals surface area contributed by atoms with Gasteiger partial charge in [-0.05, 0) is 50.9 Å². The molecule has 0 aliphatic carbocycles. The topological polar surface area (TPSA) is 42.8 Å². The van der Waals surface area contributed by atoms with Crippen molar-refractivity contribution in [2.45, 2.75) is 45.8 Å². The van der Waals surface area contributed by atoms with Gasteiger partial charge in [-0.25, -0.2) is 4.98 Å². The second-order valence-corrected chi connectivity index (χ2v) is 8.53. The van der Waals surface area contributed by atoms with Crippen molar-refractivity contribution in [2.75, 3.05) is 50.7 Å². The highest BCUT2D eigenvalue weighted by molar-refractivity contribution is 5.82. The minimum Gasteiger partial charge on any atom is -0.391 e. The lowest BCUT2D eigenvalue weighted by molar-refractivity contribution is 0.127. The first-order valence-corrected chi connectivity index (χ1v) is 10.9. The summed E-state index contributed by atoms with van der Waals surface area (Å²) in [5.41, 5.74) is 3.63. The van der Waals surface area contributed by atoms with E-state index in [1.54, 1.807) is 0 Å². The van der Waals surface area contributed by atoms with E-state index in [-0.39, 0.29) is 6.10 Å². The van der Waals surface area contributed by atoms with Gasteiger partial charge in [-0.2, -0.15) is 0 Å². The number of hydrogen-bond acceptors (Lipinski definition) is 5. The number of benzene rings is 1. The van der Waals surface area contributed by atoms with Crippen LogP contribution in [0.4, 0.5) is 5.82 Å². The number of hydrogen-bond donors (Lipinski definition) is 1. The van der Waals surface area contributed by atoms with Gasteiger partial charge in [0, 0.05) is 56.8 Å². The number of nitrogens with zero attached hydrogens (tertiary/aromatic N) is 4. The van der Waals surface area contributed by atoms with Crippen LogP contribution >= 0.6 is 0 Å². The smallest absolute Gasteiger partial charge is 0.133 e. The number of aromatic nitrogens is 1. The van der Waals surface area contributed by atoms with Crippen LogP contribution in [0.5, 0.6) is 0 Å². The van der Waals surface area contributed by atoms with Gasteiger partial charge in [-0.3, -0.25) is 4.90 Å². The predicted octanol–water partition coefficient (Wildman–Crippen LogP) is 3.03. The van der Waals surface area contributed by atoms with Crippen molar-refractivity contribution < 1.29 is 5.11 Å². The first-order valence-electron chi connectivity index (χ1n) is 10.9. The number of piperidine rings is 1. The van der Waals surface area contributed by atoms with Gasteiger partial charge in [0.25, 0.3) is 0 Å². The van der Waals surface area contributed by atoms with E-state index >= 15 is 0 Å². The Morgan fingerprint density at radius 3 is 2.61 bits per heavy atom. The zero-order chi connectivity index (χ0) is 19.5. The van der Waals surface area contributed by atoms with Gasteiger partial charge in [0.15, 0.2) is 0 Å². The van der Waals surface area contributed by atoms with Crippen molar-refractivity contribution in [1.29, 1.82) is 0 Å². The van der Waals surface area contributed by atoms with Crippen LogP contribution in [0.15, 0.2) is 24.3 Å². The lowest BCUT2D eigenvalue weighted by Gasteiger charge is -2.36. The molecule has 5 nitrogen and oxygen atoms in total. The largest absolute Gasteiger partial charge is 0.391 e. The Bertz CT molecular complexity index is 801. The Labute approximate surface area is 169 Å². The summed E-state index contributed by atoms with van der Waals surface area (Å²) in [4.78, 5) is 12.5. The van der Waals surface area contributed by atoms with E-state index in [9.17, 15) is 5.11 Å². The van der Waals surface area contributed by atoms with E-state index in [1.807, 2.05) is 0 Å². The molecule has 152 valence electrons. The van der Waals surface area contributed by atoms with Gasteiger partial charge in [0.05, 0.1) is 11.6 Å². The fourth-order valence-corrected chi connectivity index (χ4v) is 4.59. The number of aliphatic hydroxyl groups excluding tert-OH is 1. The van der Waals surface area contributed by atoms with E-state index in [0.29, 0.717) is 6.54 Å². The number of β-amino-alcohol motifs (C(OH)–C–C–N with tert-alkyl or cyclic N) is 1. The van der Waals surface area contributed by atoms with Crippen LogP contribution in [0.1, 0.15) is 37.3 Å². The predicted molar refractivity (Wildman–Crippen MR) is 116 cm³/mol. The van der Waals surface area contributed by atoms with Crippen molar-refractivity contribution >= 4 is 16.7 Å². The molecule has 2 aliphatic rings. The van der Waals surface area contributed by atoms with Crippen LogP contribution in [-0.4, -0.2) is 71.8 Å². The molecule has 4 rings (SSSR count). The summed E-state index contributed by atoms with van der Waals surface area (Å²) in [6.45, 7) is 12.8. The van der Waals surface area contributed by atoms with Crippen LogP contribution in [0.25, 0.3) is 10.9 Å². The van der Waals surface area contributed by atoms with Crippen molar-refractivity contribution in [3.8, 4) is 0 Å². The summed E-state index contributed by atoms with van der Waals surface area (Å²) in [6, 6.07) is 8.84. The summed E-state index contributed by atoms with van der Waals surface area (Å²) < 4.78 is 0. The Morgan fingerprint density at radius 1 is 1.07 bits per heavy atom. The average Bonchev–Trinajstić information content (AvgIpc) is 2.69. The van der Waals surface area contributed by atoms with Crippen LogP contribution in [-0.2, 0) is 6.54 Å². The molecule has 1 N–H and O–H groups in total. The summed E-state index contributed by atoms with van der Waals surface area (Å²) in [5, 5.41) is 11.4. The molecule has 1 atom stereocenters. The third-order valence-corrected chi connectivity index (χ3v) is 6.12. The molecular formula is C23H34N4O. The molecule has 2 aromatic rings. The van der Waals surface area contributed by atoms with Crippen molar-refractivity contribution in [1.82, 2.24) is 14.8 Å². The monoisotopic (exact) mass is 382 g/mol. The minimum atomic E-state index is -0.241. The third-order valence-electron chi connectivity index (χ3n) is 6.12. The SMILES string of the molecule is CCCN1CCN(Cc2cc3cc(C)ccc3nc2N2CCC[C@H](O)C2)CC1. The lowest BCUT2D eigenvalue weighted by Crippen LogP contribution is -2.46. The Kier molecular flexibility index (Phi) is 6.14. The number of anilines is 1. The number of aliphatic hydroxyl groups is 1. The quantitative estimate of drug-likeness (QED) is 0.861. The molecule has 2 fully saturated rings. The van der Waals surface area contributed by atoms with Gasteiger partial charge < -0.3 is 14.9 Å². The highest BCUT2D eigenvalue weighted by atomic mass is 16.3. The van der Waals surface area contributed by atoms with Crippen LogP contribution in [0.3, 0.4) is 0 Å². The van der Waals surface area contributed by atoms with E-state index in [2.05, 4.69) is 52.8 Å². The van der Waals surface area contributed by atoms with Crippen LogP contribution < -0.4 is 4.90 Å². The maximum absolute atomic E-state index is 10.2. The summed E-state index contributed by atoms with van der Waals surface area (Å²) in [7, 11) is 0. The highest BCUT2D eigenvalue weighted by Crippen LogP contribution is 2.28. The average molecular weight is 383 g/mol. The van der Waals surface area contributed by atoms with Crippen LogP contribution in [0, 0.1) is 6.92 Å². The lowest BCUT2D eigenvalue weighted by atomic mass is 10.0. The molecule has 1 aromatic heterocycles. The molecule has 0 spiro atoms. The number of fused-ring (bicyclic) bond motifs is 1. The minimum absolute atomic E-state index is 0.241. The molecule has 0 amide bonds. The molecule has 2 saturated heterocycles. The zero-order valence-electron chi connectivity index (χ0n) is 17.4. The molecule has 28 heavy (non-hydrogen) atoms. The van der Waals surface area contributed by atoms with Crippen LogP contribution in [0.2, 0.25) is 0 Å². The number of aryl methyl sites for hydroxylation is 1. The van der Waals surface area contributed by atoms with E-state index < -0.39 is 0 Å². The van der Waals surface area contributed by atoms with Crippen molar-refractivity contribution in [3.05, 3.63) is 35.4 Å². The normalized spacial score (nSPS) is 22.1. The zero-order valence-corrected chi connectivity index (χ0v) is 17.4.